The molecule has 0 fully saturated rings. The summed E-state index contributed by atoms with van der Waals surface area (Å²) in [5, 5.41) is 0. The molecule has 1 atom stereocenters. The van der Waals surface area contributed by atoms with Crippen LogP contribution in [0.4, 0.5) is 0 Å². The molecule has 0 aliphatic heterocycles. The molecule has 0 aliphatic carbocycles. The van der Waals surface area contributed by atoms with Gasteiger partial charge in [-0.05, 0) is 66.9 Å². The molecule has 0 aromatic heterocycles. The SMILES string of the molecule is COc1ccc(C(CN)Cc2cc(OC)ccc2OC)c(C)c1. The normalized spacial score (nSPS) is 11.9. The Labute approximate surface area is 138 Å². The van der Waals surface area contributed by atoms with E-state index in [0.29, 0.717) is 6.54 Å². The maximum Gasteiger partial charge on any atom is 0.122 e. The van der Waals surface area contributed by atoms with Crippen LogP contribution in [0.25, 0.3) is 0 Å². The molecule has 0 bridgehead atoms. The van der Waals surface area contributed by atoms with Crippen molar-refractivity contribution < 1.29 is 14.2 Å². The van der Waals surface area contributed by atoms with Crippen LogP contribution in [0.1, 0.15) is 22.6 Å². The first-order valence-corrected chi connectivity index (χ1v) is 7.68. The van der Waals surface area contributed by atoms with Crippen molar-refractivity contribution >= 4 is 0 Å². The van der Waals surface area contributed by atoms with Crippen molar-refractivity contribution in [3.05, 3.63) is 53.1 Å². The molecule has 4 heteroatoms. The van der Waals surface area contributed by atoms with E-state index in [9.17, 15) is 0 Å². The second-order valence-corrected chi connectivity index (χ2v) is 5.54. The van der Waals surface area contributed by atoms with Crippen molar-refractivity contribution in [1.82, 2.24) is 0 Å². The van der Waals surface area contributed by atoms with Crippen LogP contribution in [0.5, 0.6) is 17.2 Å². The smallest absolute Gasteiger partial charge is 0.122 e. The lowest BCUT2D eigenvalue weighted by Gasteiger charge is -2.20. The zero-order valence-corrected chi connectivity index (χ0v) is 14.3. The van der Waals surface area contributed by atoms with E-state index in [2.05, 4.69) is 13.0 Å². The summed E-state index contributed by atoms with van der Waals surface area (Å²) in [5.74, 6) is 2.75. The highest BCUT2D eigenvalue weighted by Gasteiger charge is 2.16. The first kappa shape index (κ1) is 17.2. The zero-order chi connectivity index (χ0) is 16.8. The van der Waals surface area contributed by atoms with Gasteiger partial charge in [-0.3, -0.25) is 0 Å². The van der Waals surface area contributed by atoms with Gasteiger partial charge in [0.1, 0.15) is 17.2 Å². The van der Waals surface area contributed by atoms with Crippen molar-refractivity contribution in [1.29, 1.82) is 0 Å². The average molecular weight is 315 g/mol. The fraction of sp³-hybridized carbons (Fsp3) is 0.368. The molecule has 23 heavy (non-hydrogen) atoms. The number of aryl methyl sites for hydroxylation is 1. The summed E-state index contributed by atoms with van der Waals surface area (Å²) in [4.78, 5) is 0. The van der Waals surface area contributed by atoms with E-state index in [1.807, 2.05) is 30.3 Å². The number of benzene rings is 2. The van der Waals surface area contributed by atoms with Crippen LogP contribution < -0.4 is 19.9 Å². The summed E-state index contributed by atoms with van der Waals surface area (Å²) in [6, 6.07) is 12.0. The van der Waals surface area contributed by atoms with E-state index in [-0.39, 0.29) is 5.92 Å². The predicted molar refractivity (Wildman–Crippen MR) is 92.8 cm³/mol. The summed E-state index contributed by atoms with van der Waals surface area (Å²) in [7, 11) is 5.02. The second-order valence-electron chi connectivity index (χ2n) is 5.54. The van der Waals surface area contributed by atoms with Crippen LogP contribution in [0.15, 0.2) is 36.4 Å². The van der Waals surface area contributed by atoms with Gasteiger partial charge >= 0.3 is 0 Å². The zero-order valence-electron chi connectivity index (χ0n) is 14.3. The summed E-state index contributed by atoms with van der Waals surface area (Å²) in [6.07, 6.45) is 0.796. The van der Waals surface area contributed by atoms with Crippen molar-refractivity contribution in [3.8, 4) is 17.2 Å². The monoisotopic (exact) mass is 315 g/mol. The van der Waals surface area contributed by atoms with E-state index in [1.54, 1.807) is 21.3 Å². The van der Waals surface area contributed by atoms with Gasteiger partial charge in [0, 0.05) is 5.92 Å². The highest BCUT2D eigenvalue weighted by Crippen LogP contribution is 2.31. The van der Waals surface area contributed by atoms with Crippen LogP contribution in [0, 0.1) is 6.92 Å². The van der Waals surface area contributed by atoms with Crippen molar-refractivity contribution in [2.45, 2.75) is 19.3 Å². The highest BCUT2D eigenvalue weighted by molar-refractivity contribution is 5.43. The highest BCUT2D eigenvalue weighted by atomic mass is 16.5. The number of hydrogen-bond donors (Lipinski definition) is 1. The minimum absolute atomic E-state index is 0.210. The Hall–Kier alpha value is -2.20. The number of ether oxygens (including phenoxy) is 3. The van der Waals surface area contributed by atoms with E-state index in [1.165, 1.54) is 11.1 Å². The number of hydrogen-bond acceptors (Lipinski definition) is 4. The predicted octanol–water partition coefficient (Wildman–Crippen LogP) is 3.31. The van der Waals surface area contributed by atoms with Gasteiger partial charge in [-0.1, -0.05) is 6.07 Å². The Morgan fingerprint density at radius 1 is 0.913 bits per heavy atom. The second kappa shape index (κ2) is 7.88. The molecular weight excluding hydrogens is 290 g/mol. The molecule has 2 aromatic carbocycles. The van der Waals surface area contributed by atoms with E-state index in [0.717, 1.165) is 29.2 Å². The molecule has 0 radical (unpaired) electrons. The third kappa shape index (κ3) is 3.96. The van der Waals surface area contributed by atoms with Gasteiger partial charge in [-0.25, -0.2) is 0 Å². The Morgan fingerprint density at radius 2 is 1.57 bits per heavy atom. The Morgan fingerprint density at radius 3 is 2.13 bits per heavy atom. The molecule has 124 valence electrons. The lowest BCUT2D eigenvalue weighted by Crippen LogP contribution is -2.16. The first-order chi connectivity index (χ1) is 11.1. The van der Waals surface area contributed by atoms with Gasteiger partial charge < -0.3 is 19.9 Å². The summed E-state index contributed by atoms with van der Waals surface area (Å²) >= 11 is 0. The molecule has 0 aliphatic rings. The molecule has 0 amide bonds. The van der Waals surface area contributed by atoms with Crippen LogP contribution >= 0.6 is 0 Å². The molecule has 4 nitrogen and oxygen atoms in total. The molecule has 2 aromatic rings. The molecule has 0 saturated carbocycles. The van der Waals surface area contributed by atoms with Gasteiger partial charge in [0.2, 0.25) is 0 Å². The molecule has 1 unspecified atom stereocenters. The molecular formula is C19H25NO3. The lowest BCUT2D eigenvalue weighted by atomic mass is 9.88. The Kier molecular flexibility index (Phi) is 5.88. The summed E-state index contributed by atoms with van der Waals surface area (Å²) in [6.45, 7) is 2.65. The third-order valence-corrected chi connectivity index (χ3v) is 4.16. The van der Waals surface area contributed by atoms with Crippen molar-refractivity contribution in [3.63, 3.8) is 0 Å². The molecule has 0 saturated heterocycles. The Balaban J connectivity index is 2.32. The van der Waals surface area contributed by atoms with Crippen LogP contribution in [0.2, 0.25) is 0 Å². The quantitative estimate of drug-likeness (QED) is 0.852. The number of nitrogens with two attached hydrogens (primary N) is 1. The standard InChI is InChI=1S/C19H25NO3/c1-13-9-16(21-2)5-7-18(13)15(12-20)10-14-11-17(22-3)6-8-19(14)23-4/h5-9,11,15H,10,12,20H2,1-4H3. The fourth-order valence-electron chi connectivity index (χ4n) is 2.86. The first-order valence-electron chi connectivity index (χ1n) is 7.68. The summed E-state index contributed by atoms with van der Waals surface area (Å²) in [5.41, 5.74) is 9.56. The van der Waals surface area contributed by atoms with Gasteiger partial charge in [0.15, 0.2) is 0 Å². The Bertz CT molecular complexity index is 655. The van der Waals surface area contributed by atoms with E-state index < -0.39 is 0 Å². The number of rotatable bonds is 7. The topological polar surface area (TPSA) is 53.7 Å². The van der Waals surface area contributed by atoms with Crippen molar-refractivity contribution in [2.24, 2.45) is 5.73 Å². The van der Waals surface area contributed by atoms with Gasteiger partial charge in [0.05, 0.1) is 21.3 Å². The van der Waals surface area contributed by atoms with E-state index >= 15 is 0 Å². The van der Waals surface area contributed by atoms with Gasteiger partial charge in [-0.2, -0.15) is 0 Å². The van der Waals surface area contributed by atoms with Crippen LogP contribution in [-0.4, -0.2) is 27.9 Å². The van der Waals surface area contributed by atoms with Crippen LogP contribution in [-0.2, 0) is 6.42 Å². The average Bonchev–Trinajstić information content (AvgIpc) is 2.59. The maximum atomic E-state index is 6.05. The number of methoxy groups -OCH3 is 3. The van der Waals surface area contributed by atoms with Crippen molar-refractivity contribution in [2.75, 3.05) is 27.9 Å². The molecule has 0 spiro atoms. The lowest BCUT2D eigenvalue weighted by molar-refractivity contribution is 0.397. The minimum Gasteiger partial charge on any atom is -0.497 e. The fourth-order valence-corrected chi connectivity index (χ4v) is 2.86. The summed E-state index contributed by atoms with van der Waals surface area (Å²) < 4.78 is 16.1. The maximum absolute atomic E-state index is 6.05. The largest absolute Gasteiger partial charge is 0.497 e. The minimum atomic E-state index is 0.210. The van der Waals surface area contributed by atoms with E-state index in [4.69, 9.17) is 19.9 Å². The molecule has 2 rings (SSSR count). The molecule has 0 heterocycles. The van der Waals surface area contributed by atoms with Crippen LogP contribution in [0.3, 0.4) is 0 Å². The molecule has 2 N–H and O–H groups in total. The van der Waals surface area contributed by atoms with Gasteiger partial charge in [0.25, 0.3) is 0 Å². The van der Waals surface area contributed by atoms with Gasteiger partial charge in [-0.15, -0.1) is 0 Å². The third-order valence-electron chi connectivity index (χ3n) is 4.16.